The summed E-state index contributed by atoms with van der Waals surface area (Å²) in [6, 6.07) is 6.98. The van der Waals surface area contributed by atoms with E-state index in [-0.39, 0.29) is 18.7 Å². The van der Waals surface area contributed by atoms with Crippen molar-refractivity contribution in [2.75, 3.05) is 0 Å². The molecule has 5 nitrogen and oxygen atoms in total. The van der Waals surface area contributed by atoms with Crippen molar-refractivity contribution in [2.45, 2.75) is 25.8 Å². The summed E-state index contributed by atoms with van der Waals surface area (Å²) in [5, 5.41) is 14.5. The summed E-state index contributed by atoms with van der Waals surface area (Å²) in [5.41, 5.74) is 1.47. The minimum absolute atomic E-state index is 0.103. The van der Waals surface area contributed by atoms with Gasteiger partial charge in [0, 0.05) is 17.0 Å². The highest BCUT2D eigenvalue weighted by Crippen LogP contribution is 2.30. The normalized spacial score (nSPS) is 11.9. The molecule has 0 aliphatic carbocycles. The van der Waals surface area contributed by atoms with Gasteiger partial charge < -0.3 is 10.4 Å². The van der Waals surface area contributed by atoms with Crippen LogP contribution in [0.15, 0.2) is 29.6 Å². The minimum Gasteiger partial charge on any atom is -0.481 e. The van der Waals surface area contributed by atoms with E-state index < -0.39 is 12.0 Å². The van der Waals surface area contributed by atoms with Crippen molar-refractivity contribution in [3.05, 3.63) is 40.4 Å². The maximum Gasteiger partial charge on any atom is 0.305 e. The molecule has 1 amide bonds. The van der Waals surface area contributed by atoms with Gasteiger partial charge in [0.05, 0.1) is 23.6 Å². The Balaban J connectivity index is 1.99. The second-order valence-electron chi connectivity index (χ2n) is 4.87. The van der Waals surface area contributed by atoms with Gasteiger partial charge in [-0.2, -0.15) is 0 Å². The molecule has 7 heteroatoms. The van der Waals surface area contributed by atoms with Crippen LogP contribution in [0.2, 0.25) is 5.02 Å². The van der Waals surface area contributed by atoms with Crippen LogP contribution in [0.5, 0.6) is 0 Å². The summed E-state index contributed by atoms with van der Waals surface area (Å²) in [6.45, 7) is 1.65. The van der Waals surface area contributed by atoms with Crippen molar-refractivity contribution in [1.29, 1.82) is 0 Å². The number of halogens is 1. The zero-order valence-corrected chi connectivity index (χ0v) is 13.4. The van der Waals surface area contributed by atoms with E-state index in [2.05, 4.69) is 10.3 Å². The smallest absolute Gasteiger partial charge is 0.305 e. The van der Waals surface area contributed by atoms with E-state index in [1.807, 2.05) is 18.2 Å². The molecule has 0 spiro atoms. The van der Waals surface area contributed by atoms with Gasteiger partial charge in [-0.25, -0.2) is 4.98 Å². The fraction of sp³-hybridized carbons (Fsp3) is 0.267. The molecule has 1 aromatic heterocycles. The monoisotopic (exact) mass is 338 g/mol. The van der Waals surface area contributed by atoms with E-state index in [1.165, 1.54) is 11.3 Å². The molecule has 0 saturated carbocycles. The molecule has 0 saturated heterocycles. The zero-order chi connectivity index (χ0) is 16.1. The molecular formula is C15H15ClN2O3S. The van der Waals surface area contributed by atoms with E-state index in [9.17, 15) is 9.59 Å². The number of hydrogen-bond acceptors (Lipinski definition) is 4. The molecule has 1 unspecified atom stereocenters. The van der Waals surface area contributed by atoms with Crippen LogP contribution in [0.3, 0.4) is 0 Å². The fourth-order valence-corrected chi connectivity index (χ4v) is 3.09. The number of carbonyl (C=O) groups excluding carboxylic acids is 1. The van der Waals surface area contributed by atoms with Crippen LogP contribution >= 0.6 is 22.9 Å². The molecule has 116 valence electrons. The van der Waals surface area contributed by atoms with Gasteiger partial charge in [-0.15, -0.1) is 11.3 Å². The largest absolute Gasteiger partial charge is 0.481 e. The summed E-state index contributed by atoms with van der Waals surface area (Å²) >= 11 is 7.54. The van der Waals surface area contributed by atoms with Crippen molar-refractivity contribution in [3.63, 3.8) is 0 Å². The predicted molar refractivity (Wildman–Crippen MR) is 86.1 cm³/mol. The van der Waals surface area contributed by atoms with E-state index in [1.54, 1.807) is 18.4 Å². The molecule has 0 aliphatic rings. The minimum atomic E-state index is -0.942. The summed E-state index contributed by atoms with van der Waals surface area (Å²) in [6.07, 6.45) is 0.0125. The highest BCUT2D eigenvalue weighted by atomic mass is 35.5. The number of aromatic nitrogens is 1. The number of aliphatic carboxylic acids is 1. The Bertz CT molecular complexity index is 687. The Kier molecular flexibility index (Phi) is 5.51. The Morgan fingerprint density at radius 1 is 1.41 bits per heavy atom. The van der Waals surface area contributed by atoms with Gasteiger partial charge in [-0.05, 0) is 13.0 Å². The van der Waals surface area contributed by atoms with Gasteiger partial charge in [-0.3, -0.25) is 9.59 Å². The molecule has 2 N–H and O–H groups in total. The second-order valence-corrected chi connectivity index (χ2v) is 6.13. The molecule has 2 rings (SSSR count). The van der Waals surface area contributed by atoms with Gasteiger partial charge in [0.1, 0.15) is 5.01 Å². The van der Waals surface area contributed by atoms with Crippen LogP contribution in [0, 0.1) is 0 Å². The Hall–Kier alpha value is -1.92. The lowest BCUT2D eigenvalue weighted by molar-refractivity contribution is -0.137. The summed E-state index contributed by atoms with van der Waals surface area (Å²) in [5.74, 6) is -1.19. The first-order valence-corrected chi connectivity index (χ1v) is 7.92. The average Bonchev–Trinajstić information content (AvgIpc) is 2.86. The number of nitrogens with zero attached hydrogens (tertiary/aromatic N) is 1. The maximum absolute atomic E-state index is 11.9. The summed E-state index contributed by atoms with van der Waals surface area (Å²) in [4.78, 5) is 26.8. The third-order valence-electron chi connectivity index (χ3n) is 2.89. The van der Waals surface area contributed by atoms with Crippen LogP contribution in [-0.2, 0) is 16.0 Å². The number of carbonyl (C=O) groups is 2. The molecule has 0 fully saturated rings. The van der Waals surface area contributed by atoms with Crippen LogP contribution < -0.4 is 5.32 Å². The molecule has 1 aromatic carbocycles. The lowest BCUT2D eigenvalue weighted by Gasteiger charge is -2.10. The van der Waals surface area contributed by atoms with E-state index in [0.717, 1.165) is 10.6 Å². The van der Waals surface area contributed by atoms with Gasteiger partial charge in [0.15, 0.2) is 0 Å². The second kappa shape index (κ2) is 7.38. The van der Waals surface area contributed by atoms with E-state index >= 15 is 0 Å². The number of carboxylic acids is 1. The number of benzene rings is 1. The third-order valence-corrected chi connectivity index (χ3v) is 4.14. The fourth-order valence-electron chi connectivity index (χ4n) is 1.95. The Morgan fingerprint density at radius 3 is 2.82 bits per heavy atom. The summed E-state index contributed by atoms with van der Waals surface area (Å²) in [7, 11) is 0. The molecule has 1 heterocycles. The number of rotatable bonds is 6. The number of amides is 1. The standard InChI is InChI=1S/C15H15ClN2O3S/c1-9(6-14(20)21)17-13(19)7-10-8-22-15(18-10)11-4-2-3-5-12(11)16/h2-5,8-9H,6-7H2,1H3,(H,17,19)(H,20,21). The van der Waals surface area contributed by atoms with Crippen LogP contribution in [-0.4, -0.2) is 28.0 Å². The first kappa shape index (κ1) is 16.5. The van der Waals surface area contributed by atoms with E-state index in [0.29, 0.717) is 10.7 Å². The summed E-state index contributed by atoms with van der Waals surface area (Å²) < 4.78 is 0. The molecule has 1 atom stereocenters. The number of carboxylic acid groups (broad SMARTS) is 1. The van der Waals surface area contributed by atoms with Crippen molar-refractivity contribution in [2.24, 2.45) is 0 Å². The average molecular weight is 339 g/mol. The van der Waals surface area contributed by atoms with Gasteiger partial charge >= 0.3 is 5.97 Å². The number of nitrogens with one attached hydrogen (secondary N) is 1. The Morgan fingerprint density at radius 2 is 2.14 bits per heavy atom. The predicted octanol–water partition coefficient (Wildman–Crippen LogP) is 2.99. The first-order valence-electron chi connectivity index (χ1n) is 6.66. The SMILES string of the molecule is CC(CC(=O)O)NC(=O)Cc1csc(-c2ccccc2Cl)n1. The van der Waals surface area contributed by atoms with Gasteiger partial charge in [-0.1, -0.05) is 29.8 Å². The van der Waals surface area contributed by atoms with Crippen molar-refractivity contribution >= 4 is 34.8 Å². The molecular weight excluding hydrogens is 324 g/mol. The number of hydrogen-bond donors (Lipinski definition) is 2. The molecule has 2 aromatic rings. The molecule has 0 bridgehead atoms. The quantitative estimate of drug-likeness (QED) is 0.848. The van der Waals surface area contributed by atoms with E-state index in [4.69, 9.17) is 16.7 Å². The van der Waals surface area contributed by atoms with Crippen molar-refractivity contribution in [3.8, 4) is 10.6 Å². The lowest BCUT2D eigenvalue weighted by Crippen LogP contribution is -2.35. The van der Waals surface area contributed by atoms with Crippen LogP contribution in [0.4, 0.5) is 0 Å². The third kappa shape index (κ3) is 4.54. The molecule has 0 aliphatic heterocycles. The zero-order valence-electron chi connectivity index (χ0n) is 11.9. The van der Waals surface area contributed by atoms with Gasteiger partial charge in [0.25, 0.3) is 0 Å². The Labute approximate surface area is 137 Å². The lowest BCUT2D eigenvalue weighted by atomic mass is 10.2. The highest BCUT2D eigenvalue weighted by molar-refractivity contribution is 7.13. The first-order chi connectivity index (χ1) is 10.5. The van der Waals surface area contributed by atoms with Crippen LogP contribution in [0.25, 0.3) is 10.6 Å². The van der Waals surface area contributed by atoms with Crippen molar-refractivity contribution < 1.29 is 14.7 Å². The van der Waals surface area contributed by atoms with Crippen molar-refractivity contribution in [1.82, 2.24) is 10.3 Å². The maximum atomic E-state index is 11.9. The molecule has 22 heavy (non-hydrogen) atoms. The highest BCUT2D eigenvalue weighted by Gasteiger charge is 2.14. The topological polar surface area (TPSA) is 79.3 Å². The number of thiazole rings is 1. The van der Waals surface area contributed by atoms with Crippen LogP contribution in [0.1, 0.15) is 19.0 Å². The molecule has 0 radical (unpaired) electrons. The van der Waals surface area contributed by atoms with Gasteiger partial charge in [0.2, 0.25) is 5.91 Å².